The summed E-state index contributed by atoms with van der Waals surface area (Å²) in [5.74, 6) is 3.24. The molecule has 106 valence electrons. The third-order valence-electron chi connectivity index (χ3n) is 5.62. The summed E-state index contributed by atoms with van der Waals surface area (Å²) < 4.78 is 0. The van der Waals surface area contributed by atoms with E-state index < -0.39 is 0 Å². The minimum atomic E-state index is 0.0274. The van der Waals surface area contributed by atoms with E-state index in [1.54, 1.807) is 12.1 Å². The van der Waals surface area contributed by atoms with Crippen LogP contribution in [0.25, 0.3) is 0 Å². The van der Waals surface area contributed by atoms with Gasteiger partial charge in [0.15, 0.2) is 0 Å². The minimum Gasteiger partial charge on any atom is -0.506 e. The first-order valence-corrected chi connectivity index (χ1v) is 7.79. The van der Waals surface area contributed by atoms with Gasteiger partial charge in [-0.15, -0.1) is 0 Å². The van der Waals surface area contributed by atoms with Crippen molar-refractivity contribution in [2.45, 2.75) is 19.3 Å². The predicted octanol–water partition coefficient (Wildman–Crippen LogP) is 3.16. The van der Waals surface area contributed by atoms with Gasteiger partial charge in [0.25, 0.3) is 5.91 Å². The molecule has 0 spiro atoms. The number of aromatic hydroxyl groups is 1. The van der Waals surface area contributed by atoms with Crippen LogP contribution in [0.3, 0.4) is 0 Å². The van der Waals surface area contributed by atoms with Crippen LogP contribution in [0.4, 0.5) is 0 Å². The van der Waals surface area contributed by atoms with E-state index in [9.17, 15) is 9.90 Å². The average molecular weight is 292 g/mol. The Morgan fingerprint density at radius 3 is 2.45 bits per heavy atom. The Balaban J connectivity index is 1.54. The van der Waals surface area contributed by atoms with Crippen molar-refractivity contribution in [2.75, 3.05) is 13.1 Å². The van der Waals surface area contributed by atoms with Crippen molar-refractivity contribution in [3.05, 3.63) is 28.8 Å². The number of carbonyl (C=O) groups is 1. The third-order valence-corrected chi connectivity index (χ3v) is 5.92. The van der Waals surface area contributed by atoms with Gasteiger partial charge in [0.2, 0.25) is 0 Å². The number of amides is 1. The largest absolute Gasteiger partial charge is 0.506 e. The zero-order valence-electron chi connectivity index (χ0n) is 11.3. The molecule has 0 aromatic heterocycles. The lowest BCUT2D eigenvalue weighted by atomic mass is 9.82. The first-order valence-electron chi connectivity index (χ1n) is 7.41. The number of phenolic OH excluding ortho intramolecular Hbond substituents is 1. The topological polar surface area (TPSA) is 40.5 Å². The summed E-state index contributed by atoms with van der Waals surface area (Å²) >= 11 is 5.90. The number of hydrogen-bond acceptors (Lipinski definition) is 2. The van der Waals surface area contributed by atoms with Crippen LogP contribution in [-0.2, 0) is 0 Å². The molecule has 1 saturated heterocycles. The molecule has 1 heterocycles. The molecule has 4 atom stereocenters. The Hall–Kier alpha value is -1.22. The van der Waals surface area contributed by atoms with Crippen LogP contribution in [0.1, 0.15) is 29.6 Å². The van der Waals surface area contributed by atoms with Crippen LogP contribution in [0.2, 0.25) is 5.02 Å². The van der Waals surface area contributed by atoms with Gasteiger partial charge in [-0.1, -0.05) is 11.6 Å². The lowest BCUT2D eigenvalue weighted by molar-refractivity contribution is 0.0776. The van der Waals surface area contributed by atoms with E-state index in [1.165, 1.54) is 25.3 Å². The molecular weight excluding hydrogens is 274 g/mol. The summed E-state index contributed by atoms with van der Waals surface area (Å²) in [6.07, 6.45) is 4.11. The van der Waals surface area contributed by atoms with E-state index in [0.717, 1.165) is 36.8 Å². The number of rotatable bonds is 1. The monoisotopic (exact) mass is 291 g/mol. The van der Waals surface area contributed by atoms with E-state index in [2.05, 4.69) is 0 Å². The molecule has 3 nitrogen and oxygen atoms in total. The molecule has 0 radical (unpaired) electrons. The number of likely N-dealkylation sites (tertiary alicyclic amines) is 1. The maximum atomic E-state index is 12.6. The zero-order chi connectivity index (χ0) is 13.9. The Morgan fingerprint density at radius 2 is 1.85 bits per heavy atom. The van der Waals surface area contributed by atoms with Crippen molar-refractivity contribution in [3.63, 3.8) is 0 Å². The number of halogens is 1. The summed E-state index contributed by atoms with van der Waals surface area (Å²) in [7, 11) is 0. The van der Waals surface area contributed by atoms with Crippen molar-refractivity contribution in [1.29, 1.82) is 0 Å². The van der Waals surface area contributed by atoms with Gasteiger partial charge in [-0.25, -0.2) is 0 Å². The molecule has 1 aliphatic heterocycles. The van der Waals surface area contributed by atoms with Gasteiger partial charge in [0.05, 0.1) is 5.02 Å². The van der Waals surface area contributed by atoms with Gasteiger partial charge in [0.1, 0.15) is 5.75 Å². The molecule has 2 saturated carbocycles. The highest BCUT2D eigenvalue weighted by atomic mass is 35.5. The van der Waals surface area contributed by atoms with Crippen LogP contribution >= 0.6 is 11.6 Å². The molecule has 1 aromatic carbocycles. The molecule has 20 heavy (non-hydrogen) atoms. The number of phenols is 1. The predicted molar refractivity (Wildman–Crippen MR) is 76.8 cm³/mol. The standard InChI is InChI=1S/C16H18ClNO2/c17-14-6-11(3-4-15(14)19)16(20)18-7-12-9-1-2-10(5-9)13(12)8-18/h3-4,6,9-10,12-13,19H,1-2,5,7-8H2/t9-,10+,12-,13+. The molecule has 4 rings (SSSR count). The average Bonchev–Trinajstić information content (AvgIpc) is 3.12. The van der Waals surface area contributed by atoms with E-state index in [-0.39, 0.29) is 16.7 Å². The van der Waals surface area contributed by atoms with Crippen molar-refractivity contribution in [3.8, 4) is 5.75 Å². The number of hydrogen-bond donors (Lipinski definition) is 1. The van der Waals surface area contributed by atoms with Crippen molar-refractivity contribution in [2.24, 2.45) is 23.7 Å². The van der Waals surface area contributed by atoms with Crippen molar-refractivity contribution >= 4 is 17.5 Å². The molecule has 1 amide bonds. The summed E-state index contributed by atoms with van der Waals surface area (Å²) in [5.41, 5.74) is 0.583. The second-order valence-corrected chi connectivity index (χ2v) is 6.94. The quantitative estimate of drug-likeness (QED) is 0.863. The lowest BCUT2D eigenvalue weighted by Gasteiger charge is -2.22. The summed E-state index contributed by atoms with van der Waals surface area (Å²) in [4.78, 5) is 14.5. The fourth-order valence-electron chi connectivity index (χ4n) is 4.67. The summed E-state index contributed by atoms with van der Waals surface area (Å²) in [5, 5.41) is 9.69. The molecule has 2 bridgehead atoms. The molecule has 1 N–H and O–H groups in total. The molecule has 3 fully saturated rings. The Bertz CT molecular complexity index is 556. The Morgan fingerprint density at radius 1 is 1.20 bits per heavy atom. The summed E-state index contributed by atoms with van der Waals surface area (Å²) in [6.45, 7) is 1.81. The third kappa shape index (κ3) is 1.76. The first-order chi connectivity index (χ1) is 9.63. The van der Waals surface area contributed by atoms with E-state index >= 15 is 0 Å². The SMILES string of the molecule is O=C(c1ccc(O)c(Cl)c1)N1C[C@@H]2[C@@H]3CC[C@@H](C3)[C@@H]2C1. The Labute approximate surface area is 123 Å². The van der Waals surface area contributed by atoms with Crippen LogP contribution in [0.5, 0.6) is 5.75 Å². The van der Waals surface area contributed by atoms with Crippen molar-refractivity contribution in [1.82, 2.24) is 4.90 Å². The number of nitrogens with zero attached hydrogens (tertiary/aromatic N) is 1. The second kappa shape index (κ2) is 4.39. The van der Waals surface area contributed by atoms with Gasteiger partial charge < -0.3 is 10.0 Å². The van der Waals surface area contributed by atoms with Crippen LogP contribution in [0, 0.1) is 23.7 Å². The highest BCUT2D eigenvalue weighted by Crippen LogP contribution is 2.55. The second-order valence-electron chi connectivity index (χ2n) is 6.54. The smallest absolute Gasteiger partial charge is 0.253 e. The van der Waals surface area contributed by atoms with Gasteiger partial charge in [-0.05, 0) is 61.1 Å². The number of benzene rings is 1. The maximum Gasteiger partial charge on any atom is 0.253 e. The molecule has 1 aromatic rings. The Kier molecular flexibility index (Phi) is 2.75. The molecular formula is C16H18ClNO2. The minimum absolute atomic E-state index is 0.0274. The van der Waals surface area contributed by atoms with Gasteiger partial charge in [-0.2, -0.15) is 0 Å². The number of carbonyl (C=O) groups excluding carboxylic acids is 1. The van der Waals surface area contributed by atoms with E-state index in [0.29, 0.717) is 5.56 Å². The fraction of sp³-hybridized carbons (Fsp3) is 0.562. The molecule has 2 aliphatic carbocycles. The number of fused-ring (bicyclic) bond motifs is 5. The highest BCUT2D eigenvalue weighted by Gasteiger charge is 2.52. The molecule has 4 heteroatoms. The van der Waals surface area contributed by atoms with Crippen LogP contribution in [-0.4, -0.2) is 29.0 Å². The zero-order valence-corrected chi connectivity index (χ0v) is 12.0. The van der Waals surface area contributed by atoms with Crippen molar-refractivity contribution < 1.29 is 9.90 Å². The van der Waals surface area contributed by atoms with Crippen LogP contribution in [0.15, 0.2) is 18.2 Å². The van der Waals surface area contributed by atoms with Gasteiger partial charge in [-0.3, -0.25) is 4.79 Å². The lowest BCUT2D eigenvalue weighted by Crippen LogP contribution is -2.30. The van der Waals surface area contributed by atoms with E-state index in [4.69, 9.17) is 11.6 Å². The fourth-order valence-corrected chi connectivity index (χ4v) is 4.85. The summed E-state index contributed by atoms with van der Waals surface area (Å²) in [6, 6.07) is 4.73. The maximum absolute atomic E-state index is 12.6. The van der Waals surface area contributed by atoms with E-state index in [1.807, 2.05) is 4.90 Å². The van der Waals surface area contributed by atoms with Crippen LogP contribution < -0.4 is 0 Å². The molecule has 0 unspecified atom stereocenters. The van der Waals surface area contributed by atoms with Gasteiger partial charge >= 0.3 is 0 Å². The van der Waals surface area contributed by atoms with Gasteiger partial charge in [0, 0.05) is 18.7 Å². The highest BCUT2D eigenvalue weighted by molar-refractivity contribution is 6.32. The molecule has 3 aliphatic rings. The first kappa shape index (κ1) is 12.5. The normalized spacial score (nSPS) is 34.5.